The summed E-state index contributed by atoms with van der Waals surface area (Å²) in [5.41, 5.74) is 0.403. The second-order valence-corrected chi connectivity index (χ2v) is 3.57. The van der Waals surface area contributed by atoms with E-state index in [-0.39, 0.29) is 19.0 Å². The molecule has 1 N–H and O–H groups in total. The van der Waals surface area contributed by atoms with Crippen LogP contribution in [0.3, 0.4) is 0 Å². The molecule has 82 valence electrons. The predicted molar refractivity (Wildman–Crippen MR) is 51.9 cm³/mol. The van der Waals surface area contributed by atoms with Gasteiger partial charge in [-0.3, -0.25) is 0 Å². The van der Waals surface area contributed by atoms with Crippen LogP contribution in [0.15, 0.2) is 24.3 Å². The Bertz CT molecular complexity index is 319. The normalized spacial score (nSPS) is 18.5. The Kier molecular flexibility index (Phi) is 3.00. The lowest BCUT2D eigenvalue weighted by atomic mass is 9.92. The van der Waals surface area contributed by atoms with E-state index in [4.69, 9.17) is 14.6 Å². The standard InChI is InChI=1S/C11H13FO3/c12-10-3-1-9(2-4-10)11(7-14-8-11)15-6-5-13/h1-4,13H,5-8H2. The average molecular weight is 212 g/mol. The van der Waals surface area contributed by atoms with Gasteiger partial charge in [-0.1, -0.05) is 12.1 Å². The van der Waals surface area contributed by atoms with E-state index >= 15 is 0 Å². The number of aliphatic hydroxyl groups excluding tert-OH is 1. The van der Waals surface area contributed by atoms with Gasteiger partial charge in [-0.25, -0.2) is 4.39 Å². The maximum Gasteiger partial charge on any atom is 0.140 e. The van der Waals surface area contributed by atoms with Crippen LogP contribution in [0.4, 0.5) is 4.39 Å². The Balaban J connectivity index is 2.14. The van der Waals surface area contributed by atoms with Crippen molar-refractivity contribution in [1.82, 2.24) is 0 Å². The molecule has 1 saturated heterocycles. The van der Waals surface area contributed by atoms with Gasteiger partial charge in [-0.2, -0.15) is 0 Å². The number of ether oxygens (including phenoxy) is 2. The van der Waals surface area contributed by atoms with Crippen LogP contribution in [-0.2, 0) is 15.1 Å². The van der Waals surface area contributed by atoms with Gasteiger partial charge in [-0.05, 0) is 17.7 Å². The first kappa shape index (κ1) is 10.5. The molecule has 1 aliphatic rings. The Morgan fingerprint density at radius 3 is 2.47 bits per heavy atom. The van der Waals surface area contributed by atoms with Crippen molar-refractivity contribution in [2.24, 2.45) is 0 Å². The number of aliphatic hydroxyl groups is 1. The molecule has 0 unspecified atom stereocenters. The lowest BCUT2D eigenvalue weighted by Crippen LogP contribution is -2.49. The minimum Gasteiger partial charge on any atom is -0.394 e. The van der Waals surface area contributed by atoms with Crippen LogP contribution in [0, 0.1) is 5.82 Å². The van der Waals surface area contributed by atoms with Gasteiger partial charge < -0.3 is 14.6 Å². The third-order valence-electron chi connectivity index (χ3n) is 2.51. The highest BCUT2D eigenvalue weighted by molar-refractivity contribution is 5.25. The van der Waals surface area contributed by atoms with Gasteiger partial charge in [0.2, 0.25) is 0 Å². The zero-order valence-corrected chi connectivity index (χ0v) is 8.28. The lowest BCUT2D eigenvalue weighted by Gasteiger charge is -2.41. The molecule has 0 atom stereocenters. The molecular formula is C11H13FO3. The molecule has 0 radical (unpaired) electrons. The molecule has 0 amide bonds. The summed E-state index contributed by atoms with van der Waals surface area (Å²) in [6.07, 6.45) is 0. The molecule has 4 heteroatoms. The van der Waals surface area contributed by atoms with Gasteiger partial charge >= 0.3 is 0 Å². The summed E-state index contributed by atoms with van der Waals surface area (Å²) >= 11 is 0. The van der Waals surface area contributed by atoms with Crippen molar-refractivity contribution in [3.05, 3.63) is 35.6 Å². The highest BCUT2D eigenvalue weighted by atomic mass is 19.1. The fourth-order valence-corrected chi connectivity index (χ4v) is 1.62. The second-order valence-electron chi connectivity index (χ2n) is 3.57. The van der Waals surface area contributed by atoms with Crippen LogP contribution in [0.1, 0.15) is 5.56 Å². The van der Waals surface area contributed by atoms with Gasteiger partial charge in [0.05, 0.1) is 26.4 Å². The molecule has 1 fully saturated rings. The molecule has 1 aliphatic heterocycles. The van der Waals surface area contributed by atoms with Gasteiger partial charge in [0.25, 0.3) is 0 Å². The molecule has 0 aliphatic carbocycles. The minimum atomic E-state index is -0.490. The molecule has 2 rings (SSSR count). The highest BCUT2D eigenvalue weighted by Gasteiger charge is 2.41. The largest absolute Gasteiger partial charge is 0.394 e. The number of benzene rings is 1. The first-order valence-electron chi connectivity index (χ1n) is 4.85. The summed E-state index contributed by atoms with van der Waals surface area (Å²) in [6.45, 7) is 1.15. The van der Waals surface area contributed by atoms with Gasteiger partial charge in [0, 0.05) is 0 Å². The van der Waals surface area contributed by atoms with E-state index in [1.54, 1.807) is 12.1 Å². The summed E-state index contributed by atoms with van der Waals surface area (Å²) < 4.78 is 23.4. The van der Waals surface area contributed by atoms with E-state index in [2.05, 4.69) is 0 Å². The topological polar surface area (TPSA) is 38.7 Å². The molecule has 1 aromatic carbocycles. The van der Waals surface area contributed by atoms with Crippen LogP contribution in [0.2, 0.25) is 0 Å². The molecular weight excluding hydrogens is 199 g/mol. The Hall–Kier alpha value is -0.970. The summed E-state index contributed by atoms with van der Waals surface area (Å²) in [5, 5.41) is 8.71. The van der Waals surface area contributed by atoms with E-state index < -0.39 is 5.60 Å². The molecule has 0 bridgehead atoms. The van der Waals surface area contributed by atoms with Gasteiger partial charge in [0.15, 0.2) is 0 Å². The van der Waals surface area contributed by atoms with Crippen LogP contribution >= 0.6 is 0 Å². The molecule has 1 heterocycles. The second kappa shape index (κ2) is 4.26. The van der Waals surface area contributed by atoms with E-state index in [9.17, 15) is 4.39 Å². The van der Waals surface area contributed by atoms with Crippen molar-refractivity contribution in [2.75, 3.05) is 26.4 Å². The van der Waals surface area contributed by atoms with Crippen molar-refractivity contribution in [1.29, 1.82) is 0 Å². The predicted octanol–water partition coefficient (Wildman–Crippen LogP) is 1.06. The van der Waals surface area contributed by atoms with Gasteiger partial charge in [0.1, 0.15) is 11.4 Å². The molecule has 0 saturated carbocycles. The molecule has 15 heavy (non-hydrogen) atoms. The van der Waals surface area contributed by atoms with E-state index in [1.807, 2.05) is 0 Å². The third-order valence-corrected chi connectivity index (χ3v) is 2.51. The van der Waals surface area contributed by atoms with Crippen molar-refractivity contribution in [3.63, 3.8) is 0 Å². The average Bonchev–Trinajstić information content (AvgIpc) is 2.19. The molecule has 0 spiro atoms. The Morgan fingerprint density at radius 2 is 2.00 bits per heavy atom. The monoisotopic (exact) mass is 212 g/mol. The Labute approximate surface area is 87.4 Å². The van der Waals surface area contributed by atoms with E-state index in [0.29, 0.717) is 13.2 Å². The summed E-state index contributed by atoms with van der Waals surface area (Å²) in [7, 11) is 0. The quantitative estimate of drug-likeness (QED) is 0.811. The van der Waals surface area contributed by atoms with Crippen molar-refractivity contribution in [2.45, 2.75) is 5.60 Å². The van der Waals surface area contributed by atoms with Gasteiger partial charge in [-0.15, -0.1) is 0 Å². The number of rotatable bonds is 4. The SMILES string of the molecule is OCCOC1(c2ccc(F)cc2)COC1. The highest BCUT2D eigenvalue weighted by Crippen LogP contribution is 2.33. The minimum absolute atomic E-state index is 0.0249. The zero-order valence-electron chi connectivity index (χ0n) is 8.28. The van der Waals surface area contributed by atoms with Crippen molar-refractivity contribution >= 4 is 0 Å². The first-order valence-corrected chi connectivity index (χ1v) is 4.85. The summed E-state index contributed by atoms with van der Waals surface area (Å²) in [6, 6.07) is 6.18. The molecule has 3 nitrogen and oxygen atoms in total. The molecule has 1 aromatic rings. The van der Waals surface area contributed by atoms with Crippen LogP contribution < -0.4 is 0 Å². The fraction of sp³-hybridized carbons (Fsp3) is 0.455. The van der Waals surface area contributed by atoms with E-state index in [0.717, 1.165) is 5.56 Å². The fourth-order valence-electron chi connectivity index (χ4n) is 1.62. The van der Waals surface area contributed by atoms with Crippen LogP contribution in [-0.4, -0.2) is 31.5 Å². The maximum absolute atomic E-state index is 12.7. The zero-order chi connectivity index (χ0) is 10.7. The third kappa shape index (κ3) is 2.02. The number of hydrogen-bond acceptors (Lipinski definition) is 3. The smallest absolute Gasteiger partial charge is 0.140 e. The molecule has 0 aromatic heterocycles. The van der Waals surface area contributed by atoms with Crippen molar-refractivity contribution < 1.29 is 19.0 Å². The summed E-state index contributed by atoms with van der Waals surface area (Å²) in [5.74, 6) is -0.267. The maximum atomic E-state index is 12.7. The number of hydrogen-bond donors (Lipinski definition) is 1. The van der Waals surface area contributed by atoms with Crippen LogP contribution in [0.5, 0.6) is 0 Å². The van der Waals surface area contributed by atoms with Crippen molar-refractivity contribution in [3.8, 4) is 0 Å². The first-order chi connectivity index (χ1) is 7.27. The Morgan fingerprint density at radius 1 is 1.33 bits per heavy atom. The van der Waals surface area contributed by atoms with Crippen LogP contribution in [0.25, 0.3) is 0 Å². The lowest BCUT2D eigenvalue weighted by molar-refractivity contribution is -0.219. The van der Waals surface area contributed by atoms with E-state index in [1.165, 1.54) is 12.1 Å². The summed E-state index contributed by atoms with van der Waals surface area (Å²) in [4.78, 5) is 0. The number of halogens is 1.